The highest BCUT2D eigenvalue weighted by Crippen LogP contribution is 2.33. The molecule has 1 aromatic carbocycles. The third kappa shape index (κ3) is 3.98. The number of esters is 3. The van der Waals surface area contributed by atoms with Crippen molar-refractivity contribution in [3.63, 3.8) is 0 Å². The van der Waals surface area contributed by atoms with E-state index in [4.69, 9.17) is 19.9 Å². The molecule has 156 valence electrons. The van der Waals surface area contributed by atoms with Gasteiger partial charge in [0.2, 0.25) is 0 Å². The zero-order chi connectivity index (χ0) is 22.0. The number of thiophene rings is 1. The van der Waals surface area contributed by atoms with Crippen LogP contribution in [-0.2, 0) is 20.8 Å². The minimum absolute atomic E-state index is 0.00964. The van der Waals surface area contributed by atoms with E-state index in [2.05, 4.69) is 0 Å². The molecule has 2 rings (SSSR count). The summed E-state index contributed by atoms with van der Waals surface area (Å²) in [5.74, 6) is -1.92. The first-order valence-electron chi connectivity index (χ1n) is 8.88. The summed E-state index contributed by atoms with van der Waals surface area (Å²) >= 11 is 0.889. The first-order valence-corrected chi connectivity index (χ1v) is 9.70. The zero-order valence-corrected chi connectivity index (χ0v) is 18.5. The minimum atomic E-state index is -0.714. The fourth-order valence-corrected chi connectivity index (χ4v) is 4.20. The van der Waals surface area contributed by atoms with Gasteiger partial charge in [0.15, 0.2) is 0 Å². The number of nitrogens with two attached hydrogens (primary N) is 1. The van der Waals surface area contributed by atoms with Gasteiger partial charge < -0.3 is 19.9 Å². The van der Waals surface area contributed by atoms with Gasteiger partial charge in [-0.1, -0.05) is 0 Å². The summed E-state index contributed by atoms with van der Waals surface area (Å²) < 4.78 is 15.0. The molecule has 0 spiro atoms. The number of methoxy groups -OCH3 is 2. The van der Waals surface area contributed by atoms with Crippen LogP contribution in [0.25, 0.3) is 0 Å². The van der Waals surface area contributed by atoms with E-state index in [9.17, 15) is 14.4 Å². The average molecular weight is 419 g/mol. The maximum absolute atomic E-state index is 12.9. The summed E-state index contributed by atoms with van der Waals surface area (Å²) in [7, 11) is 2.42. The number of nitrogen functional groups attached to an aromatic ring is 1. The number of benzene rings is 1. The summed E-state index contributed by atoms with van der Waals surface area (Å²) in [5, 5.41) is 0.0951. The van der Waals surface area contributed by atoms with Crippen molar-refractivity contribution < 1.29 is 28.6 Å². The Hall–Kier alpha value is -2.87. The molecule has 29 heavy (non-hydrogen) atoms. The number of carbonyl (C=O) groups is 3. The van der Waals surface area contributed by atoms with E-state index in [1.165, 1.54) is 14.2 Å². The molecule has 0 amide bonds. The van der Waals surface area contributed by atoms with Gasteiger partial charge in [-0.3, -0.25) is 0 Å². The fraction of sp³-hybridized carbons (Fsp3) is 0.381. The van der Waals surface area contributed by atoms with Gasteiger partial charge in [0.05, 0.1) is 19.8 Å². The van der Waals surface area contributed by atoms with Gasteiger partial charge in [-0.25, -0.2) is 14.4 Å². The average Bonchev–Trinajstić information content (AvgIpc) is 3.04. The van der Waals surface area contributed by atoms with Crippen molar-refractivity contribution in [1.82, 2.24) is 0 Å². The summed E-state index contributed by atoms with van der Waals surface area (Å²) in [6, 6.07) is 0. The molecule has 2 N–H and O–H groups in total. The highest BCUT2D eigenvalue weighted by atomic mass is 32.1. The van der Waals surface area contributed by atoms with E-state index in [1.807, 2.05) is 34.6 Å². The third-order valence-corrected chi connectivity index (χ3v) is 6.39. The van der Waals surface area contributed by atoms with Crippen molar-refractivity contribution >= 4 is 34.2 Å². The van der Waals surface area contributed by atoms with Gasteiger partial charge in [-0.05, 0) is 62.4 Å². The highest BCUT2D eigenvalue weighted by molar-refractivity contribution is 7.18. The van der Waals surface area contributed by atoms with Gasteiger partial charge in [0.25, 0.3) is 0 Å². The predicted octanol–water partition coefficient (Wildman–Crippen LogP) is 3.80. The number of hydrogen-bond donors (Lipinski definition) is 1. The SMILES string of the molecule is COC(=O)c1sc(N)c(C(=O)OC)c1COC(=O)c1c(C)c(C)c(C)c(C)c1C. The van der Waals surface area contributed by atoms with Crippen molar-refractivity contribution in [2.24, 2.45) is 0 Å². The molecule has 0 saturated carbocycles. The van der Waals surface area contributed by atoms with Crippen LogP contribution in [0.1, 0.15) is 63.8 Å². The monoisotopic (exact) mass is 419 g/mol. The molecule has 0 aliphatic rings. The van der Waals surface area contributed by atoms with Gasteiger partial charge in [-0.2, -0.15) is 0 Å². The van der Waals surface area contributed by atoms with E-state index < -0.39 is 17.9 Å². The zero-order valence-electron chi connectivity index (χ0n) is 17.6. The van der Waals surface area contributed by atoms with Crippen LogP contribution in [0, 0.1) is 34.6 Å². The summed E-state index contributed by atoms with van der Waals surface area (Å²) in [6.45, 7) is 9.35. The molecule has 7 nitrogen and oxygen atoms in total. The maximum Gasteiger partial charge on any atom is 0.348 e. The Kier molecular flexibility index (Phi) is 6.69. The lowest BCUT2D eigenvalue weighted by atomic mass is 9.90. The molecule has 0 unspecified atom stereocenters. The molecule has 2 aromatic rings. The molecule has 0 bridgehead atoms. The molecule has 1 aromatic heterocycles. The molecule has 8 heteroatoms. The van der Waals surface area contributed by atoms with Crippen LogP contribution in [-0.4, -0.2) is 32.1 Å². The molecule has 0 radical (unpaired) electrons. The Morgan fingerprint density at radius 1 is 0.759 bits per heavy atom. The summed E-state index contributed by atoms with van der Waals surface area (Å²) in [4.78, 5) is 37.2. The Balaban J connectivity index is 2.46. The Morgan fingerprint density at radius 3 is 1.72 bits per heavy atom. The van der Waals surface area contributed by atoms with Crippen LogP contribution in [0.4, 0.5) is 5.00 Å². The lowest BCUT2D eigenvalue weighted by Crippen LogP contribution is -2.15. The van der Waals surface area contributed by atoms with Crippen LogP contribution < -0.4 is 5.73 Å². The van der Waals surface area contributed by atoms with Crippen LogP contribution in [0.3, 0.4) is 0 Å². The van der Waals surface area contributed by atoms with E-state index >= 15 is 0 Å². The fourth-order valence-electron chi connectivity index (χ4n) is 3.22. The van der Waals surface area contributed by atoms with Gasteiger partial charge in [0.1, 0.15) is 22.0 Å². The van der Waals surface area contributed by atoms with E-state index in [0.29, 0.717) is 5.56 Å². The third-order valence-electron chi connectivity index (χ3n) is 5.35. The van der Waals surface area contributed by atoms with Crippen LogP contribution in [0.15, 0.2) is 0 Å². The second-order valence-corrected chi connectivity index (χ2v) is 7.76. The molecule has 1 heterocycles. The molecule has 0 aliphatic carbocycles. The van der Waals surface area contributed by atoms with Crippen LogP contribution in [0.2, 0.25) is 0 Å². The van der Waals surface area contributed by atoms with Gasteiger partial charge >= 0.3 is 17.9 Å². The second kappa shape index (κ2) is 8.65. The summed E-state index contributed by atoms with van der Waals surface area (Å²) in [6.07, 6.45) is 0. The topological polar surface area (TPSA) is 105 Å². The number of carbonyl (C=O) groups excluding carboxylic acids is 3. The lowest BCUT2D eigenvalue weighted by molar-refractivity contribution is 0.0451. The van der Waals surface area contributed by atoms with E-state index in [0.717, 1.165) is 39.2 Å². The summed E-state index contributed by atoms with van der Waals surface area (Å²) in [5.41, 5.74) is 11.4. The Morgan fingerprint density at radius 2 is 1.24 bits per heavy atom. The van der Waals surface area contributed by atoms with E-state index in [-0.39, 0.29) is 27.6 Å². The second-order valence-electron chi connectivity index (χ2n) is 6.71. The van der Waals surface area contributed by atoms with Crippen molar-refractivity contribution in [2.45, 2.75) is 41.2 Å². The van der Waals surface area contributed by atoms with Crippen LogP contribution in [0.5, 0.6) is 0 Å². The number of hydrogen-bond acceptors (Lipinski definition) is 8. The van der Waals surface area contributed by atoms with Gasteiger partial charge in [-0.15, -0.1) is 11.3 Å². The smallest absolute Gasteiger partial charge is 0.348 e. The minimum Gasteiger partial charge on any atom is -0.465 e. The lowest BCUT2D eigenvalue weighted by Gasteiger charge is -2.18. The normalized spacial score (nSPS) is 10.6. The van der Waals surface area contributed by atoms with Crippen molar-refractivity contribution in [3.05, 3.63) is 49.4 Å². The maximum atomic E-state index is 12.9. The quantitative estimate of drug-likeness (QED) is 0.580. The van der Waals surface area contributed by atoms with Crippen LogP contribution >= 0.6 is 11.3 Å². The Bertz CT molecular complexity index is 976. The van der Waals surface area contributed by atoms with Crippen molar-refractivity contribution in [3.8, 4) is 0 Å². The molecular weight excluding hydrogens is 394 g/mol. The molecule has 0 atom stereocenters. The molecular formula is C21H25NO6S. The highest BCUT2D eigenvalue weighted by Gasteiger charge is 2.29. The number of rotatable bonds is 5. The largest absolute Gasteiger partial charge is 0.465 e. The first kappa shape index (κ1) is 22.4. The van der Waals surface area contributed by atoms with Gasteiger partial charge in [0, 0.05) is 5.56 Å². The van der Waals surface area contributed by atoms with E-state index in [1.54, 1.807) is 0 Å². The molecule has 0 aliphatic heterocycles. The Labute approximate surface area is 173 Å². The first-order chi connectivity index (χ1) is 13.6. The number of anilines is 1. The number of ether oxygens (including phenoxy) is 3. The molecule has 0 fully saturated rings. The van der Waals surface area contributed by atoms with Crippen molar-refractivity contribution in [2.75, 3.05) is 20.0 Å². The standard InChI is InChI=1S/C21H25NO6S/c1-9-10(2)12(4)15(13(5)11(9)3)20(24)28-8-14-16(19(23)26-6)18(22)29-17(14)21(25)27-7/h8,22H2,1-7H3. The van der Waals surface area contributed by atoms with Crippen molar-refractivity contribution in [1.29, 1.82) is 0 Å². The predicted molar refractivity (Wildman–Crippen MR) is 111 cm³/mol. The molecule has 0 saturated heterocycles.